The molecule has 0 bridgehead atoms. The van der Waals surface area contributed by atoms with Gasteiger partial charge in [0.15, 0.2) is 5.65 Å². The Bertz CT molecular complexity index is 759. The van der Waals surface area contributed by atoms with E-state index in [2.05, 4.69) is 52.3 Å². The summed E-state index contributed by atoms with van der Waals surface area (Å²) in [5.74, 6) is 0.937. The molecule has 0 fully saturated rings. The number of aromatic nitrogens is 4. The lowest BCUT2D eigenvalue weighted by Gasteiger charge is -2.15. The van der Waals surface area contributed by atoms with Crippen molar-refractivity contribution in [3.63, 3.8) is 0 Å². The number of nitrogens with one attached hydrogen (secondary N) is 2. The van der Waals surface area contributed by atoms with Crippen LogP contribution in [-0.2, 0) is 0 Å². The van der Waals surface area contributed by atoms with E-state index in [4.69, 9.17) is 5.73 Å². The molecule has 0 saturated carbocycles. The van der Waals surface area contributed by atoms with E-state index in [-0.39, 0.29) is 12.0 Å². The Morgan fingerprint density at radius 1 is 1.35 bits per heavy atom. The van der Waals surface area contributed by atoms with Crippen molar-refractivity contribution in [1.29, 1.82) is 0 Å². The average Bonchev–Trinajstić information content (AvgIpc) is 2.95. The molecule has 104 valence electrons. The van der Waals surface area contributed by atoms with Crippen molar-refractivity contribution in [2.75, 3.05) is 11.1 Å². The van der Waals surface area contributed by atoms with Crippen LogP contribution in [0.2, 0.25) is 0 Å². The van der Waals surface area contributed by atoms with Crippen LogP contribution in [0.25, 0.3) is 11.0 Å². The SMILES string of the molecule is Cc1cc(C(C)Nc2nc(N)nc3[nH]ncc23)c(C)s1. The second-order valence-corrected chi connectivity index (χ2v) is 6.26. The largest absolute Gasteiger partial charge is 0.368 e. The molecule has 0 aromatic carbocycles. The van der Waals surface area contributed by atoms with Gasteiger partial charge in [-0.3, -0.25) is 5.10 Å². The number of aryl methyl sites for hydroxylation is 2. The Kier molecular flexibility index (Phi) is 3.06. The van der Waals surface area contributed by atoms with Gasteiger partial charge in [0.1, 0.15) is 5.82 Å². The van der Waals surface area contributed by atoms with Crippen molar-refractivity contribution in [2.24, 2.45) is 0 Å². The van der Waals surface area contributed by atoms with E-state index in [1.54, 1.807) is 17.5 Å². The summed E-state index contributed by atoms with van der Waals surface area (Å²) in [6.45, 7) is 6.36. The minimum absolute atomic E-state index is 0.146. The summed E-state index contributed by atoms with van der Waals surface area (Å²) < 4.78 is 0. The molecule has 0 radical (unpaired) electrons. The lowest BCUT2D eigenvalue weighted by Crippen LogP contribution is -2.10. The quantitative estimate of drug-likeness (QED) is 0.689. The number of fused-ring (bicyclic) bond motifs is 1. The number of aromatic amines is 1. The molecule has 1 atom stereocenters. The number of nitrogens with two attached hydrogens (primary N) is 1. The van der Waals surface area contributed by atoms with Crippen molar-refractivity contribution in [2.45, 2.75) is 26.8 Å². The highest BCUT2D eigenvalue weighted by atomic mass is 32.1. The predicted octanol–water partition coefficient (Wildman–Crippen LogP) is 2.79. The van der Waals surface area contributed by atoms with Crippen LogP contribution in [-0.4, -0.2) is 20.2 Å². The maximum atomic E-state index is 5.72. The molecule has 0 spiro atoms. The van der Waals surface area contributed by atoms with Crippen LogP contribution in [0.15, 0.2) is 12.3 Å². The fourth-order valence-corrected chi connectivity index (χ4v) is 3.35. The zero-order valence-electron chi connectivity index (χ0n) is 11.6. The van der Waals surface area contributed by atoms with Gasteiger partial charge in [-0.15, -0.1) is 11.3 Å². The van der Waals surface area contributed by atoms with Gasteiger partial charge < -0.3 is 11.1 Å². The molecule has 3 rings (SSSR count). The van der Waals surface area contributed by atoms with E-state index in [1.807, 2.05) is 0 Å². The van der Waals surface area contributed by atoms with E-state index < -0.39 is 0 Å². The molecule has 0 saturated heterocycles. The van der Waals surface area contributed by atoms with E-state index in [9.17, 15) is 0 Å². The first-order valence-corrected chi connectivity index (χ1v) is 7.16. The molecule has 6 nitrogen and oxygen atoms in total. The average molecular weight is 288 g/mol. The zero-order chi connectivity index (χ0) is 14.3. The summed E-state index contributed by atoms with van der Waals surface area (Å²) in [6, 6.07) is 2.35. The third-order valence-corrected chi connectivity index (χ3v) is 4.21. The lowest BCUT2D eigenvalue weighted by atomic mass is 10.1. The second kappa shape index (κ2) is 4.75. The number of nitrogens with zero attached hydrogens (tertiary/aromatic N) is 3. The van der Waals surface area contributed by atoms with E-state index in [0.29, 0.717) is 11.5 Å². The number of H-pyrrole nitrogens is 1. The highest BCUT2D eigenvalue weighted by Crippen LogP contribution is 2.29. The second-order valence-electron chi connectivity index (χ2n) is 4.80. The fraction of sp³-hybridized carbons (Fsp3) is 0.308. The summed E-state index contributed by atoms with van der Waals surface area (Å²) in [5.41, 5.74) is 7.65. The van der Waals surface area contributed by atoms with Crippen LogP contribution < -0.4 is 11.1 Å². The molecule has 0 aliphatic rings. The molecular formula is C13H16N6S. The zero-order valence-corrected chi connectivity index (χ0v) is 12.4. The summed E-state index contributed by atoms with van der Waals surface area (Å²) in [4.78, 5) is 11.0. The first kappa shape index (κ1) is 12.9. The van der Waals surface area contributed by atoms with Gasteiger partial charge in [0.25, 0.3) is 0 Å². The monoisotopic (exact) mass is 288 g/mol. The predicted molar refractivity (Wildman–Crippen MR) is 81.9 cm³/mol. The molecule has 7 heteroatoms. The molecule has 3 heterocycles. The Labute approximate surface area is 120 Å². The van der Waals surface area contributed by atoms with E-state index >= 15 is 0 Å². The first-order chi connectivity index (χ1) is 9.54. The Balaban J connectivity index is 1.96. The Morgan fingerprint density at radius 2 is 2.15 bits per heavy atom. The first-order valence-electron chi connectivity index (χ1n) is 6.34. The molecule has 4 N–H and O–H groups in total. The van der Waals surface area contributed by atoms with Gasteiger partial charge in [0.05, 0.1) is 17.6 Å². The van der Waals surface area contributed by atoms with Crippen LogP contribution in [0.4, 0.5) is 11.8 Å². The number of rotatable bonds is 3. The van der Waals surface area contributed by atoms with Crippen LogP contribution >= 0.6 is 11.3 Å². The highest BCUT2D eigenvalue weighted by molar-refractivity contribution is 7.12. The topological polar surface area (TPSA) is 92.5 Å². The van der Waals surface area contributed by atoms with Crippen LogP contribution in [0.3, 0.4) is 0 Å². The van der Waals surface area contributed by atoms with E-state index in [0.717, 1.165) is 5.39 Å². The minimum Gasteiger partial charge on any atom is -0.368 e. The van der Waals surface area contributed by atoms with Crippen LogP contribution in [0.1, 0.15) is 28.3 Å². The molecule has 3 aromatic heterocycles. The number of anilines is 2. The van der Waals surface area contributed by atoms with Crippen molar-refractivity contribution in [3.05, 3.63) is 27.6 Å². The maximum Gasteiger partial charge on any atom is 0.224 e. The lowest BCUT2D eigenvalue weighted by molar-refractivity contribution is 0.874. The standard InChI is InChI=1S/C13H16N6S/c1-6-4-9(8(3)20-6)7(2)16-11-10-5-15-19-12(10)18-13(14)17-11/h4-5,7H,1-3H3,(H4,14,15,16,17,18,19). The number of nitrogen functional groups attached to an aromatic ring is 1. The van der Waals surface area contributed by atoms with Crippen molar-refractivity contribution < 1.29 is 0 Å². The number of hydrogen-bond donors (Lipinski definition) is 3. The van der Waals surface area contributed by atoms with Gasteiger partial charge in [-0.1, -0.05) is 0 Å². The molecule has 1 unspecified atom stereocenters. The molecule has 0 aliphatic carbocycles. The number of thiophene rings is 1. The highest BCUT2D eigenvalue weighted by Gasteiger charge is 2.14. The van der Waals surface area contributed by atoms with Crippen molar-refractivity contribution in [3.8, 4) is 0 Å². The molecule has 0 aliphatic heterocycles. The molecular weight excluding hydrogens is 272 g/mol. The summed E-state index contributed by atoms with van der Waals surface area (Å²) in [5, 5.41) is 11.0. The minimum atomic E-state index is 0.146. The van der Waals surface area contributed by atoms with Crippen LogP contribution in [0.5, 0.6) is 0 Å². The molecule has 0 amide bonds. The van der Waals surface area contributed by atoms with Gasteiger partial charge in [-0.05, 0) is 32.4 Å². The van der Waals surface area contributed by atoms with Gasteiger partial charge >= 0.3 is 0 Å². The Hall–Kier alpha value is -2.15. The van der Waals surface area contributed by atoms with Gasteiger partial charge in [0.2, 0.25) is 5.95 Å². The normalized spacial score (nSPS) is 12.8. The molecule has 3 aromatic rings. The van der Waals surface area contributed by atoms with Crippen molar-refractivity contribution >= 4 is 34.1 Å². The number of hydrogen-bond acceptors (Lipinski definition) is 6. The maximum absolute atomic E-state index is 5.72. The van der Waals surface area contributed by atoms with E-state index in [1.165, 1.54) is 15.3 Å². The Morgan fingerprint density at radius 3 is 2.85 bits per heavy atom. The third kappa shape index (κ3) is 2.20. The van der Waals surface area contributed by atoms with Gasteiger partial charge in [0, 0.05) is 9.75 Å². The fourth-order valence-electron chi connectivity index (χ4n) is 2.33. The smallest absolute Gasteiger partial charge is 0.224 e. The molecule has 20 heavy (non-hydrogen) atoms. The summed E-state index contributed by atoms with van der Waals surface area (Å²) in [6.07, 6.45) is 1.70. The summed E-state index contributed by atoms with van der Waals surface area (Å²) >= 11 is 1.80. The van der Waals surface area contributed by atoms with Gasteiger partial charge in [-0.25, -0.2) is 0 Å². The van der Waals surface area contributed by atoms with Crippen LogP contribution in [0, 0.1) is 13.8 Å². The van der Waals surface area contributed by atoms with Crippen molar-refractivity contribution in [1.82, 2.24) is 20.2 Å². The third-order valence-electron chi connectivity index (χ3n) is 3.23. The van der Waals surface area contributed by atoms with Gasteiger partial charge in [-0.2, -0.15) is 15.1 Å². The summed E-state index contributed by atoms with van der Waals surface area (Å²) in [7, 11) is 0.